The van der Waals surface area contributed by atoms with E-state index in [1.807, 2.05) is 13.0 Å². The van der Waals surface area contributed by atoms with Gasteiger partial charge in [-0.1, -0.05) is 24.8 Å². The summed E-state index contributed by atoms with van der Waals surface area (Å²) in [6, 6.07) is 3.56. The summed E-state index contributed by atoms with van der Waals surface area (Å²) in [5.41, 5.74) is 2.24. The molecule has 0 N–H and O–H groups in total. The van der Waals surface area contributed by atoms with Crippen molar-refractivity contribution in [2.75, 3.05) is 0 Å². The van der Waals surface area contributed by atoms with E-state index in [4.69, 9.17) is 16.9 Å². The van der Waals surface area contributed by atoms with Gasteiger partial charge in [0.05, 0.1) is 5.02 Å². The van der Waals surface area contributed by atoms with E-state index in [9.17, 15) is 0 Å². The Kier molecular flexibility index (Phi) is 3.98. The molecule has 0 radical (unpaired) electrons. The number of aliphatic imine (C=N–C) groups is 1. The Labute approximate surface area is 99.4 Å². The van der Waals surface area contributed by atoms with Gasteiger partial charge in [-0.3, -0.25) is 4.98 Å². The van der Waals surface area contributed by atoms with Crippen molar-refractivity contribution in [2.45, 2.75) is 6.92 Å². The first kappa shape index (κ1) is 12.2. The summed E-state index contributed by atoms with van der Waals surface area (Å²) in [7, 11) is 0. The molecule has 0 saturated carbocycles. The topological polar surface area (TPSA) is 49.0 Å². The molecule has 0 aromatic carbocycles. The minimum atomic E-state index is 0.123. The first-order valence-corrected chi connectivity index (χ1v) is 4.87. The number of hydrogen-bond donors (Lipinski definition) is 0. The number of pyridine rings is 1. The zero-order valence-corrected chi connectivity index (χ0v) is 9.62. The van der Waals surface area contributed by atoms with Crippen LogP contribution in [0.3, 0.4) is 0 Å². The highest BCUT2D eigenvalue weighted by Gasteiger charge is 2.03. The molecular formula is C12H10ClN3. The van der Waals surface area contributed by atoms with Gasteiger partial charge in [0.15, 0.2) is 0 Å². The lowest BCUT2D eigenvalue weighted by Gasteiger charge is -2.03. The van der Waals surface area contributed by atoms with Crippen LogP contribution in [0.1, 0.15) is 11.3 Å². The fraction of sp³-hybridized carbons (Fsp3) is 0.0833. The van der Waals surface area contributed by atoms with Crippen LogP contribution in [0.4, 0.5) is 0 Å². The predicted octanol–water partition coefficient (Wildman–Crippen LogP) is 3.16. The maximum absolute atomic E-state index is 8.48. The third kappa shape index (κ3) is 3.04. The summed E-state index contributed by atoms with van der Waals surface area (Å²) >= 11 is 6.02. The Morgan fingerprint density at radius 1 is 1.62 bits per heavy atom. The minimum Gasteiger partial charge on any atom is -0.261 e. The molecule has 0 atom stereocenters. The fourth-order valence-corrected chi connectivity index (χ4v) is 1.35. The summed E-state index contributed by atoms with van der Waals surface area (Å²) in [5, 5.41) is 9.04. The normalized spacial score (nSPS) is 10.1. The second-order valence-electron chi connectivity index (χ2n) is 3.15. The Morgan fingerprint density at radius 2 is 2.31 bits per heavy atom. The molecule has 0 unspecified atom stereocenters. The van der Waals surface area contributed by atoms with E-state index in [-0.39, 0.29) is 5.70 Å². The Morgan fingerprint density at radius 3 is 2.88 bits per heavy atom. The van der Waals surface area contributed by atoms with E-state index in [2.05, 4.69) is 23.1 Å². The maximum Gasteiger partial charge on any atom is 0.133 e. The van der Waals surface area contributed by atoms with Gasteiger partial charge in [0.25, 0.3) is 0 Å². The maximum atomic E-state index is 8.48. The fourth-order valence-electron chi connectivity index (χ4n) is 1.02. The van der Waals surface area contributed by atoms with Gasteiger partial charge in [-0.15, -0.1) is 0 Å². The van der Waals surface area contributed by atoms with Crippen molar-refractivity contribution in [2.24, 2.45) is 4.99 Å². The van der Waals surface area contributed by atoms with E-state index in [0.717, 1.165) is 5.69 Å². The molecule has 0 aliphatic heterocycles. The minimum absolute atomic E-state index is 0.123. The van der Waals surface area contributed by atoms with Crippen molar-refractivity contribution in [1.82, 2.24) is 4.98 Å². The van der Waals surface area contributed by atoms with Crippen molar-refractivity contribution in [3.05, 3.63) is 47.4 Å². The van der Waals surface area contributed by atoms with E-state index >= 15 is 0 Å². The number of nitriles is 1. The van der Waals surface area contributed by atoms with Gasteiger partial charge >= 0.3 is 0 Å². The molecule has 0 bridgehead atoms. The number of halogens is 1. The molecule has 1 rings (SSSR count). The molecule has 1 heterocycles. The lowest BCUT2D eigenvalue weighted by Crippen LogP contribution is -1.90. The third-order valence-corrected chi connectivity index (χ3v) is 2.15. The highest BCUT2D eigenvalue weighted by atomic mass is 35.5. The number of nitrogens with zero attached hydrogens (tertiary/aromatic N) is 3. The Balaban J connectivity index is 2.94. The summed E-state index contributed by atoms with van der Waals surface area (Å²) in [4.78, 5) is 7.93. The molecule has 0 saturated heterocycles. The highest BCUT2D eigenvalue weighted by molar-refractivity contribution is 6.33. The number of hydrogen-bond acceptors (Lipinski definition) is 3. The van der Waals surface area contributed by atoms with Crippen LogP contribution in [0.2, 0.25) is 5.02 Å². The monoisotopic (exact) mass is 231 g/mol. The van der Waals surface area contributed by atoms with Gasteiger partial charge in [-0.25, -0.2) is 4.99 Å². The summed E-state index contributed by atoms with van der Waals surface area (Å²) in [5.74, 6) is 0. The van der Waals surface area contributed by atoms with Crippen LogP contribution in [-0.2, 0) is 0 Å². The van der Waals surface area contributed by atoms with Gasteiger partial charge < -0.3 is 0 Å². The molecule has 0 aliphatic rings. The van der Waals surface area contributed by atoms with E-state index in [1.165, 1.54) is 6.21 Å². The standard InChI is InChI=1S/C12H10ClN3/c1-8(6-15-10(3)5-14)11-7-16-9(2)4-12(11)13/h4,6-7H,1,3H2,2H3. The van der Waals surface area contributed by atoms with Crippen molar-refractivity contribution < 1.29 is 0 Å². The van der Waals surface area contributed by atoms with E-state index in [1.54, 1.807) is 12.3 Å². The van der Waals surface area contributed by atoms with Crippen LogP contribution in [-0.4, -0.2) is 11.2 Å². The van der Waals surface area contributed by atoms with Gasteiger partial charge in [0.2, 0.25) is 0 Å². The molecule has 3 nitrogen and oxygen atoms in total. The van der Waals surface area contributed by atoms with Crippen molar-refractivity contribution in [3.8, 4) is 6.07 Å². The van der Waals surface area contributed by atoms with Crippen LogP contribution in [0.15, 0.2) is 36.1 Å². The van der Waals surface area contributed by atoms with Crippen molar-refractivity contribution >= 4 is 23.4 Å². The van der Waals surface area contributed by atoms with Crippen LogP contribution in [0.25, 0.3) is 5.57 Å². The molecule has 1 aromatic rings. The van der Waals surface area contributed by atoms with Gasteiger partial charge in [0.1, 0.15) is 11.8 Å². The van der Waals surface area contributed by atoms with Gasteiger partial charge in [-0.05, 0) is 18.6 Å². The number of rotatable bonds is 3. The van der Waals surface area contributed by atoms with Gasteiger partial charge in [0, 0.05) is 23.7 Å². The zero-order valence-electron chi connectivity index (χ0n) is 8.87. The molecule has 0 aliphatic carbocycles. The van der Waals surface area contributed by atoms with Crippen LogP contribution < -0.4 is 0 Å². The zero-order chi connectivity index (χ0) is 12.1. The van der Waals surface area contributed by atoms with E-state index in [0.29, 0.717) is 16.2 Å². The lowest BCUT2D eigenvalue weighted by atomic mass is 10.1. The lowest BCUT2D eigenvalue weighted by molar-refractivity contribution is 1.19. The molecular weight excluding hydrogens is 222 g/mol. The molecule has 4 heteroatoms. The highest BCUT2D eigenvalue weighted by Crippen LogP contribution is 2.21. The number of aromatic nitrogens is 1. The molecule has 0 fully saturated rings. The van der Waals surface area contributed by atoms with E-state index < -0.39 is 0 Å². The first-order chi connectivity index (χ1) is 7.54. The first-order valence-electron chi connectivity index (χ1n) is 4.49. The van der Waals surface area contributed by atoms with Gasteiger partial charge in [-0.2, -0.15) is 5.26 Å². The van der Waals surface area contributed by atoms with Crippen LogP contribution in [0.5, 0.6) is 0 Å². The SMILES string of the molecule is C=C(C#N)N=CC(=C)c1cnc(C)cc1Cl. The molecule has 1 aromatic heterocycles. The average Bonchev–Trinajstić information content (AvgIpc) is 2.25. The third-order valence-electron chi connectivity index (χ3n) is 1.84. The molecule has 0 spiro atoms. The summed E-state index contributed by atoms with van der Waals surface area (Å²) in [6.45, 7) is 9.08. The molecule has 0 amide bonds. The summed E-state index contributed by atoms with van der Waals surface area (Å²) < 4.78 is 0. The van der Waals surface area contributed by atoms with Crippen molar-refractivity contribution in [1.29, 1.82) is 5.26 Å². The van der Waals surface area contributed by atoms with Crippen LogP contribution >= 0.6 is 11.6 Å². The largest absolute Gasteiger partial charge is 0.261 e. The smallest absolute Gasteiger partial charge is 0.133 e. The number of aryl methyl sites for hydroxylation is 1. The Hall–Kier alpha value is -1.92. The van der Waals surface area contributed by atoms with Crippen molar-refractivity contribution in [3.63, 3.8) is 0 Å². The average molecular weight is 232 g/mol. The molecule has 80 valence electrons. The second kappa shape index (κ2) is 5.24. The quantitative estimate of drug-likeness (QED) is 0.593. The molecule has 16 heavy (non-hydrogen) atoms. The second-order valence-corrected chi connectivity index (χ2v) is 3.55. The Bertz CT molecular complexity index is 509. The number of allylic oxidation sites excluding steroid dienone is 2. The van der Waals surface area contributed by atoms with Crippen LogP contribution in [0, 0.1) is 18.3 Å². The summed E-state index contributed by atoms with van der Waals surface area (Å²) in [6.07, 6.45) is 3.07. The predicted molar refractivity (Wildman–Crippen MR) is 66.3 cm³/mol.